The van der Waals surface area contributed by atoms with E-state index in [1.807, 2.05) is 6.07 Å². The van der Waals surface area contributed by atoms with Gasteiger partial charge in [-0.25, -0.2) is 0 Å². The summed E-state index contributed by atoms with van der Waals surface area (Å²) in [5, 5.41) is 0. The van der Waals surface area contributed by atoms with Gasteiger partial charge in [0.1, 0.15) is 5.75 Å². The molecule has 0 spiro atoms. The van der Waals surface area contributed by atoms with Crippen LogP contribution in [0.1, 0.15) is 29.5 Å². The van der Waals surface area contributed by atoms with Crippen molar-refractivity contribution in [3.63, 3.8) is 0 Å². The first-order valence-electron chi connectivity index (χ1n) is 11.0. The number of amides is 1. The average molecular weight is 471 g/mol. The van der Waals surface area contributed by atoms with Gasteiger partial charge in [0.2, 0.25) is 5.91 Å². The average Bonchev–Trinajstić information content (AvgIpc) is 2.91. The molecule has 2 aliphatic rings. The van der Waals surface area contributed by atoms with Crippen LogP contribution >= 0.6 is 15.9 Å². The lowest BCUT2D eigenvalue weighted by Crippen LogP contribution is -2.44. The largest absolute Gasteiger partial charge is 0.496 e. The molecule has 2 heterocycles. The van der Waals surface area contributed by atoms with Crippen LogP contribution in [0.15, 0.2) is 46.9 Å². The standard InChI is InChI=1S/C25H31BrN2O2/c1-30-24-15-22-16-25(29)28(13-10-21(22)14-23(24)26)18-20-8-5-11-27(17-20)12-9-19-6-3-2-4-7-19/h2-4,6-7,14-15,20H,5,8-13,16-18H2,1H3. The van der Waals surface area contributed by atoms with Crippen molar-refractivity contribution < 1.29 is 9.53 Å². The third kappa shape index (κ3) is 5.25. The Morgan fingerprint density at radius 2 is 1.97 bits per heavy atom. The Bertz CT molecular complexity index is 871. The number of benzene rings is 2. The van der Waals surface area contributed by atoms with E-state index >= 15 is 0 Å². The maximum absolute atomic E-state index is 13.0. The summed E-state index contributed by atoms with van der Waals surface area (Å²) in [5.74, 6) is 1.62. The minimum atomic E-state index is 0.250. The number of piperidine rings is 1. The number of likely N-dealkylation sites (tertiary alicyclic amines) is 1. The zero-order valence-electron chi connectivity index (χ0n) is 17.8. The van der Waals surface area contributed by atoms with Gasteiger partial charge in [-0.3, -0.25) is 4.79 Å². The quantitative estimate of drug-likeness (QED) is 0.629. The number of nitrogens with zero attached hydrogens (tertiary/aromatic N) is 2. The summed E-state index contributed by atoms with van der Waals surface area (Å²) >= 11 is 3.58. The number of ether oxygens (including phenoxy) is 1. The monoisotopic (exact) mass is 470 g/mol. The van der Waals surface area contributed by atoms with Crippen LogP contribution in [0.25, 0.3) is 0 Å². The summed E-state index contributed by atoms with van der Waals surface area (Å²) in [5.41, 5.74) is 3.77. The fourth-order valence-corrected chi connectivity index (χ4v) is 5.34. The van der Waals surface area contributed by atoms with Gasteiger partial charge in [-0.1, -0.05) is 30.3 Å². The van der Waals surface area contributed by atoms with Crippen molar-refractivity contribution in [3.05, 3.63) is 63.6 Å². The second-order valence-electron chi connectivity index (χ2n) is 8.57. The van der Waals surface area contributed by atoms with Gasteiger partial charge in [0.25, 0.3) is 0 Å². The highest BCUT2D eigenvalue weighted by atomic mass is 79.9. The third-order valence-electron chi connectivity index (χ3n) is 6.46. The molecule has 4 nitrogen and oxygen atoms in total. The molecule has 0 aliphatic carbocycles. The van der Waals surface area contributed by atoms with Crippen molar-refractivity contribution in [2.45, 2.75) is 32.1 Å². The van der Waals surface area contributed by atoms with Crippen LogP contribution in [-0.4, -0.2) is 55.5 Å². The second kappa shape index (κ2) is 9.97. The van der Waals surface area contributed by atoms with Gasteiger partial charge in [0.05, 0.1) is 18.0 Å². The number of halogens is 1. The molecule has 160 valence electrons. The van der Waals surface area contributed by atoms with Crippen LogP contribution in [0.4, 0.5) is 0 Å². The van der Waals surface area contributed by atoms with Gasteiger partial charge in [0.15, 0.2) is 0 Å². The van der Waals surface area contributed by atoms with Crippen molar-refractivity contribution in [1.82, 2.24) is 9.80 Å². The molecule has 0 saturated carbocycles. The highest BCUT2D eigenvalue weighted by molar-refractivity contribution is 9.10. The van der Waals surface area contributed by atoms with Crippen LogP contribution in [0, 0.1) is 5.92 Å². The van der Waals surface area contributed by atoms with Crippen molar-refractivity contribution in [3.8, 4) is 5.75 Å². The van der Waals surface area contributed by atoms with E-state index in [1.54, 1.807) is 7.11 Å². The minimum absolute atomic E-state index is 0.250. The molecule has 0 N–H and O–H groups in total. The molecule has 0 radical (unpaired) electrons. The van der Waals surface area contributed by atoms with Gasteiger partial charge in [0, 0.05) is 26.2 Å². The van der Waals surface area contributed by atoms with E-state index in [0.29, 0.717) is 12.3 Å². The smallest absolute Gasteiger partial charge is 0.227 e. The lowest BCUT2D eigenvalue weighted by atomic mass is 9.96. The Balaban J connectivity index is 1.34. The first-order chi connectivity index (χ1) is 14.6. The van der Waals surface area contributed by atoms with Gasteiger partial charge < -0.3 is 14.5 Å². The number of methoxy groups -OCH3 is 1. The number of hydrogen-bond donors (Lipinski definition) is 0. The molecular weight excluding hydrogens is 440 g/mol. The van der Waals surface area contributed by atoms with Gasteiger partial charge in [-0.15, -0.1) is 0 Å². The summed E-state index contributed by atoms with van der Waals surface area (Å²) in [4.78, 5) is 17.7. The molecule has 0 aromatic heterocycles. The van der Waals surface area contributed by atoms with Gasteiger partial charge in [-0.2, -0.15) is 0 Å². The Morgan fingerprint density at radius 1 is 1.13 bits per heavy atom. The van der Waals surface area contributed by atoms with Crippen molar-refractivity contribution >= 4 is 21.8 Å². The summed E-state index contributed by atoms with van der Waals surface area (Å²) in [6.45, 7) is 5.07. The summed E-state index contributed by atoms with van der Waals surface area (Å²) in [7, 11) is 1.67. The van der Waals surface area contributed by atoms with Crippen LogP contribution < -0.4 is 4.74 Å². The molecule has 30 heavy (non-hydrogen) atoms. The van der Waals surface area contributed by atoms with E-state index in [0.717, 1.165) is 54.8 Å². The Morgan fingerprint density at radius 3 is 2.77 bits per heavy atom. The molecular formula is C25H31BrN2O2. The predicted molar refractivity (Wildman–Crippen MR) is 124 cm³/mol. The van der Waals surface area contributed by atoms with Gasteiger partial charge >= 0.3 is 0 Å². The van der Waals surface area contributed by atoms with E-state index < -0.39 is 0 Å². The molecule has 1 amide bonds. The number of carbonyl (C=O) groups excluding carboxylic acids is 1. The number of rotatable bonds is 6. The topological polar surface area (TPSA) is 32.8 Å². The van der Waals surface area contributed by atoms with Crippen molar-refractivity contribution in [2.24, 2.45) is 5.92 Å². The normalized spacial score (nSPS) is 20.0. The molecule has 2 aromatic rings. The van der Waals surface area contributed by atoms with E-state index in [1.165, 1.54) is 30.5 Å². The Kier molecular flexibility index (Phi) is 7.11. The summed E-state index contributed by atoms with van der Waals surface area (Å²) in [6.07, 6.45) is 4.93. The van der Waals surface area contributed by atoms with E-state index in [4.69, 9.17) is 4.74 Å². The van der Waals surface area contributed by atoms with Crippen LogP contribution in [0.2, 0.25) is 0 Å². The van der Waals surface area contributed by atoms with Gasteiger partial charge in [-0.05, 0) is 82.9 Å². The van der Waals surface area contributed by atoms with E-state index in [2.05, 4.69) is 62.1 Å². The SMILES string of the molecule is COc1cc2c(cc1Br)CCN(CC1CCCN(CCc3ccccc3)C1)C(=O)C2. The Hall–Kier alpha value is -1.85. The molecule has 4 rings (SSSR count). The number of hydrogen-bond acceptors (Lipinski definition) is 3. The highest BCUT2D eigenvalue weighted by Gasteiger charge is 2.27. The first kappa shape index (κ1) is 21.4. The maximum atomic E-state index is 13.0. The lowest BCUT2D eigenvalue weighted by molar-refractivity contribution is -0.131. The van der Waals surface area contributed by atoms with E-state index in [-0.39, 0.29) is 5.91 Å². The number of fused-ring (bicyclic) bond motifs is 1. The molecule has 2 aliphatic heterocycles. The van der Waals surface area contributed by atoms with Crippen LogP contribution in [0.5, 0.6) is 5.75 Å². The molecule has 2 aromatic carbocycles. The molecule has 1 fully saturated rings. The zero-order valence-corrected chi connectivity index (χ0v) is 19.4. The summed E-state index contributed by atoms with van der Waals surface area (Å²) < 4.78 is 6.39. The molecule has 5 heteroatoms. The zero-order chi connectivity index (χ0) is 20.9. The predicted octanol–water partition coefficient (Wildman–Crippen LogP) is 4.34. The fourth-order valence-electron chi connectivity index (χ4n) is 4.79. The lowest BCUT2D eigenvalue weighted by Gasteiger charge is -2.35. The second-order valence-corrected chi connectivity index (χ2v) is 9.42. The van der Waals surface area contributed by atoms with E-state index in [9.17, 15) is 4.79 Å². The first-order valence-corrected chi connectivity index (χ1v) is 11.8. The Labute approximate surface area is 188 Å². The molecule has 0 bridgehead atoms. The number of carbonyl (C=O) groups is 1. The van der Waals surface area contributed by atoms with Crippen LogP contribution in [-0.2, 0) is 24.1 Å². The van der Waals surface area contributed by atoms with Crippen LogP contribution in [0.3, 0.4) is 0 Å². The van der Waals surface area contributed by atoms with Crippen molar-refractivity contribution in [2.75, 3.05) is 39.8 Å². The minimum Gasteiger partial charge on any atom is -0.496 e. The third-order valence-corrected chi connectivity index (χ3v) is 7.08. The maximum Gasteiger partial charge on any atom is 0.227 e. The molecule has 1 saturated heterocycles. The fraction of sp³-hybridized carbons (Fsp3) is 0.480. The summed E-state index contributed by atoms with van der Waals surface area (Å²) in [6, 6.07) is 14.9. The van der Waals surface area contributed by atoms with Crippen molar-refractivity contribution in [1.29, 1.82) is 0 Å². The highest BCUT2D eigenvalue weighted by Crippen LogP contribution is 2.31. The molecule has 1 atom stereocenters. The molecule has 1 unspecified atom stereocenters.